The van der Waals surface area contributed by atoms with Crippen LogP contribution in [0.4, 0.5) is 0 Å². The topological polar surface area (TPSA) is 21.3 Å². The van der Waals surface area contributed by atoms with Crippen molar-refractivity contribution in [2.45, 2.75) is 38.8 Å². The summed E-state index contributed by atoms with van der Waals surface area (Å²) < 4.78 is 5.80. The SMILES string of the molecule is CCCNC1CC(C)Oc2c(Cl)cccc21. The van der Waals surface area contributed by atoms with Crippen molar-refractivity contribution in [1.29, 1.82) is 0 Å². The maximum absolute atomic E-state index is 6.15. The first-order chi connectivity index (χ1) is 7.72. The van der Waals surface area contributed by atoms with Crippen molar-refractivity contribution in [2.24, 2.45) is 0 Å². The summed E-state index contributed by atoms with van der Waals surface area (Å²) in [6, 6.07) is 6.34. The number of para-hydroxylation sites is 1. The standard InChI is InChI=1S/C13H18ClNO/c1-3-7-15-12-8-9(2)16-13-10(12)5-4-6-11(13)14/h4-6,9,12,15H,3,7-8H2,1-2H3. The van der Waals surface area contributed by atoms with Gasteiger partial charge < -0.3 is 10.1 Å². The molecule has 0 bridgehead atoms. The minimum atomic E-state index is 0.224. The van der Waals surface area contributed by atoms with Gasteiger partial charge in [0.05, 0.1) is 11.1 Å². The van der Waals surface area contributed by atoms with Crippen LogP contribution in [0.15, 0.2) is 18.2 Å². The van der Waals surface area contributed by atoms with Crippen LogP contribution >= 0.6 is 11.6 Å². The summed E-state index contributed by atoms with van der Waals surface area (Å²) in [6.45, 7) is 5.30. The van der Waals surface area contributed by atoms with Crippen molar-refractivity contribution in [3.05, 3.63) is 28.8 Å². The Labute approximate surface area is 102 Å². The molecule has 2 atom stereocenters. The van der Waals surface area contributed by atoms with Crippen molar-refractivity contribution in [1.82, 2.24) is 5.32 Å². The summed E-state index contributed by atoms with van der Waals surface area (Å²) in [5.74, 6) is 0.858. The van der Waals surface area contributed by atoms with E-state index in [9.17, 15) is 0 Å². The van der Waals surface area contributed by atoms with Crippen molar-refractivity contribution in [3.8, 4) is 5.75 Å². The van der Waals surface area contributed by atoms with E-state index in [-0.39, 0.29) is 6.10 Å². The van der Waals surface area contributed by atoms with Crippen LogP contribution in [0, 0.1) is 0 Å². The molecule has 16 heavy (non-hydrogen) atoms. The molecule has 3 heteroatoms. The van der Waals surface area contributed by atoms with E-state index in [2.05, 4.69) is 25.2 Å². The Balaban J connectivity index is 2.27. The molecule has 88 valence electrons. The highest BCUT2D eigenvalue weighted by Gasteiger charge is 2.26. The largest absolute Gasteiger partial charge is 0.489 e. The lowest BCUT2D eigenvalue weighted by Gasteiger charge is -2.31. The van der Waals surface area contributed by atoms with Gasteiger partial charge in [-0.1, -0.05) is 30.7 Å². The van der Waals surface area contributed by atoms with E-state index in [1.54, 1.807) is 0 Å². The van der Waals surface area contributed by atoms with E-state index in [0.717, 1.165) is 25.1 Å². The third-order valence-electron chi connectivity index (χ3n) is 2.90. The van der Waals surface area contributed by atoms with Crippen LogP contribution in [0.3, 0.4) is 0 Å². The van der Waals surface area contributed by atoms with E-state index in [4.69, 9.17) is 16.3 Å². The van der Waals surface area contributed by atoms with Gasteiger partial charge in [-0.2, -0.15) is 0 Å². The highest BCUT2D eigenvalue weighted by atomic mass is 35.5. The maximum atomic E-state index is 6.15. The Morgan fingerprint density at radius 3 is 3.06 bits per heavy atom. The average molecular weight is 240 g/mol. The number of halogens is 1. The Kier molecular flexibility index (Phi) is 3.72. The molecule has 1 aliphatic rings. The lowest BCUT2D eigenvalue weighted by Crippen LogP contribution is -2.32. The number of hydrogen-bond acceptors (Lipinski definition) is 2. The van der Waals surface area contributed by atoms with Gasteiger partial charge in [-0.3, -0.25) is 0 Å². The molecule has 1 heterocycles. The van der Waals surface area contributed by atoms with Gasteiger partial charge in [-0.25, -0.2) is 0 Å². The van der Waals surface area contributed by atoms with Crippen molar-refractivity contribution < 1.29 is 4.74 Å². The molecule has 1 aliphatic heterocycles. The number of nitrogens with one attached hydrogen (secondary N) is 1. The fraction of sp³-hybridized carbons (Fsp3) is 0.538. The predicted molar refractivity (Wildman–Crippen MR) is 67.2 cm³/mol. The quantitative estimate of drug-likeness (QED) is 0.871. The molecule has 0 saturated carbocycles. The van der Waals surface area contributed by atoms with Gasteiger partial charge in [-0.05, 0) is 26.0 Å². The second kappa shape index (κ2) is 5.07. The monoisotopic (exact) mass is 239 g/mol. The van der Waals surface area contributed by atoms with Crippen LogP contribution in [-0.2, 0) is 0 Å². The third kappa shape index (κ3) is 2.33. The zero-order valence-electron chi connectivity index (χ0n) is 9.79. The molecule has 0 aromatic heterocycles. The minimum Gasteiger partial charge on any atom is -0.489 e. The number of ether oxygens (including phenoxy) is 1. The van der Waals surface area contributed by atoms with Gasteiger partial charge in [0, 0.05) is 18.0 Å². The van der Waals surface area contributed by atoms with Crippen LogP contribution in [0.1, 0.15) is 38.3 Å². The second-order valence-corrected chi connectivity index (χ2v) is 4.74. The summed E-state index contributed by atoms with van der Waals surface area (Å²) in [5, 5.41) is 4.26. The Morgan fingerprint density at radius 1 is 1.50 bits per heavy atom. The first-order valence-corrected chi connectivity index (χ1v) is 6.28. The minimum absolute atomic E-state index is 0.224. The first-order valence-electron chi connectivity index (χ1n) is 5.90. The maximum Gasteiger partial charge on any atom is 0.143 e. The van der Waals surface area contributed by atoms with E-state index < -0.39 is 0 Å². The third-order valence-corrected chi connectivity index (χ3v) is 3.20. The van der Waals surface area contributed by atoms with Gasteiger partial charge in [0.15, 0.2) is 0 Å². The molecule has 0 spiro atoms. The van der Waals surface area contributed by atoms with Gasteiger partial charge in [0.1, 0.15) is 5.75 Å². The molecule has 0 radical (unpaired) electrons. The molecular formula is C13H18ClNO. The van der Waals surface area contributed by atoms with E-state index in [0.29, 0.717) is 11.1 Å². The molecule has 0 amide bonds. The molecule has 2 rings (SSSR count). The van der Waals surface area contributed by atoms with E-state index >= 15 is 0 Å². The normalized spacial score (nSPS) is 23.7. The number of hydrogen-bond donors (Lipinski definition) is 1. The summed E-state index contributed by atoms with van der Waals surface area (Å²) in [5.41, 5.74) is 1.19. The Morgan fingerprint density at radius 2 is 2.31 bits per heavy atom. The fourth-order valence-corrected chi connectivity index (χ4v) is 2.37. The summed E-state index contributed by atoms with van der Waals surface area (Å²) in [4.78, 5) is 0. The molecule has 2 nitrogen and oxygen atoms in total. The molecule has 1 aromatic rings. The second-order valence-electron chi connectivity index (χ2n) is 4.33. The summed E-state index contributed by atoms with van der Waals surface area (Å²) >= 11 is 6.15. The van der Waals surface area contributed by atoms with Crippen molar-refractivity contribution >= 4 is 11.6 Å². The van der Waals surface area contributed by atoms with Crippen molar-refractivity contribution in [2.75, 3.05) is 6.54 Å². The first kappa shape index (κ1) is 11.7. The predicted octanol–water partition coefficient (Wildman–Crippen LogP) is 3.55. The molecule has 1 N–H and O–H groups in total. The average Bonchev–Trinajstić information content (AvgIpc) is 2.27. The number of rotatable bonds is 3. The molecular weight excluding hydrogens is 222 g/mol. The van der Waals surface area contributed by atoms with Gasteiger partial charge in [0.25, 0.3) is 0 Å². The van der Waals surface area contributed by atoms with Gasteiger partial charge in [-0.15, -0.1) is 0 Å². The van der Waals surface area contributed by atoms with Crippen LogP contribution in [0.2, 0.25) is 5.02 Å². The highest BCUT2D eigenvalue weighted by Crippen LogP contribution is 2.39. The summed E-state index contributed by atoms with van der Waals surface area (Å²) in [6.07, 6.45) is 2.37. The fourth-order valence-electron chi connectivity index (χ4n) is 2.14. The van der Waals surface area contributed by atoms with Gasteiger partial charge in [0.2, 0.25) is 0 Å². The van der Waals surface area contributed by atoms with E-state index in [1.807, 2.05) is 12.1 Å². The molecule has 2 unspecified atom stereocenters. The van der Waals surface area contributed by atoms with Crippen LogP contribution in [0.5, 0.6) is 5.75 Å². The zero-order valence-corrected chi connectivity index (χ0v) is 10.6. The Hall–Kier alpha value is -0.730. The lowest BCUT2D eigenvalue weighted by molar-refractivity contribution is 0.166. The van der Waals surface area contributed by atoms with Crippen LogP contribution < -0.4 is 10.1 Å². The molecule has 0 fully saturated rings. The van der Waals surface area contributed by atoms with Crippen LogP contribution in [0.25, 0.3) is 0 Å². The lowest BCUT2D eigenvalue weighted by atomic mass is 9.97. The molecule has 1 aromatic carbocycles. The summed E-state index contributed by atoms with van der Waals surface area (Å²) in [7, 11) is 0. The number of benzene rings is 1. The smallest absolute Gasteiger partial charge is 0.143 e. The Bertz CT molecular complexity index is 367. The van der Waals surface area contributed by atoms with Gasteiger partial charge >= 0.3 is 0 Å². The molecule has 0 aliphatic carbocycles. The highest BCUT2D eigenvalue weighted by molar-refractivity contribution is 6.32. The van der Waals surface area contributed by atoms with E-state index in [1.165, 1.54) is 5.56 Å². The van der Waals surface area contributed by atoms with Crippen LogP contribution in [-0.4, -0.2) is 12.6 Å². The number of fused-ring (bicyclic) bond motifs is 1. The zero-order chi connectivity index (χ0) is 11.5. The van der Waals surface area contributed by atoms with Crippen molar-refractivity contribution in [3.63, 3.8) is 0 Å². The molecule has 0 saturated heterocycles.